The standard InChI is InChI=1S/C12H17NO3.Na/c1-9(2)16-11-6-4-3-5-10(11)7-13-8-12(14)15;/h3-6,9,13H,7-8H2,1-2H3,(H,14,15);/q;+1/p-1. The molecule has 1 rings (SSSR count). The van der Waals surface area contributed by atoms with Gasteiger partial charge in [0.25, 0.3) is 0 Å². The largest absolute Gasteiger partial charge is 1.00 e. The molecule has 0 unspecified atom stereocenters. The molecular weight excluding hydrogens is 229 g/mol. The number of benzene rings is 1. The van der Waals surface area contributed by atoms with Gasteiger partial charge in [0.1, 0.15) is 5.75 Å². The summed E-state index contributed by atoms with van der Waals surface area (Å²) >= 11 is 0. The van der Waals surface area contributed by atoms with E-state index in [-0.39, 0.29) is 42.2 Å². The fraction of sp³-hybridized carbons (Fsp3) is 0.417. The fourth-order valence-electron chi connectivity index (χ4n) is 1.32. The summed E-state index contributed by atoms with van der Waals surface area (Å²) in [5, 5.41) is 13.0. The van der Waals surface area contributed by atoms with E-state index in [1.54, 1.807) is 0 Å². The Bertz CT molecular complexity index is 355. The number of aliphatic carboxylic acids is 1. The molecule has 0 spiro atoms. The van der Waals surface area contributed by atoms with E-state index in [9.17, 15) is 9.90 Å². The number of carboxylic acid groups (broad SMARTS) is 1. The summed E-state index contributed by atoms with van der Waals surface area (Å²) in [4.78, 5) is 10.2. The molecule has 5 heteroatoms. The van der Waals surface area contributed by atoms with Crippen LogP contribution in [0.4, 0.5) is 0 Å². The van der Waals surface area contributed by atoms with Crippen LogP contribution in [0.15, 0.2) is 24.3 Å². The van der Waals surface area contributed by atoms with Crippen molar-refractivity contribution >= 4 is 5.97 Å². The van der Waals surface area contributed by atoms with E-state index in [0.717, 1.165) is 11.3 Å². The van der Waals surface area contributed by atoms with E-state index in [1.165, 1.54) is 0 Å². The van der Waals surface area contributed by atoms with E-state index < -0.39 is 5.97 Å². The number of rotatable bonds is 6. The van der Waals surface area contributed by atoms with Gasteiger partial charge >= 0.3 is 29.6 Å². The second kappa shape index (κ2) is 8.53. The molecule has 0 aromatic heterocycles. The zero-order chi connectivity index (χ0) is 12.0. The minimum Gasteiger partial charge on any atom is -0.549 e. The van der Waals surface area contributed by atoms with Crippen molar-refractivity contribution in [3.63, 3.8) is 0 Å². The average Bonchev–Trinajstić information content (AvgIpc) is 2.19. The first-order chi connectivity index (χ1) is 7.59. The second-order valence-electron chi connectivity index (χ2n) is 3.75. The Labute approximate surface area is 124 Å². The molecule has 1 aromatic rings. The first kappa shape index (κ1) is 16.4. The molecule has 0 radical (unpaired) electrons. The van der Waals surface area contributed by atoms with Crippen LogP contribution in [0, 0.1) is 0 Å². The van der Waals surface area contributed by atoms with Gasteiger partial charge in [-0.1, -0.05) is 18.2 Å². The molecule has 0 aliphatic heterocycles. The summed E-state index contributed by atoms with van der Waals surface area (Å²) in [5.74, 6) is -0.328. The molecular formula is C12H16NNaO3. The van der Waals surface area contributed by atoms with Gasteiger partial charge in [0.2, 0.25) is 0 Å². The summed E-state index contributed by atoms with van der Waals surface area (Å²) in [6.07, 6.45) is 0.0993. The quantitative estimate of drug-likeness (QED) is 0.555. The smallest absolute Gasteiger partial charge is 0.549 e. The summed E-state index contributed by atoms with van der Waals surface area (Å²) < 4.78 is 5.60. The third kappa shape index (κ3) is 6.68. The molecule has 0 amide bonds. The Kier molecular flexibility index (Phi) is 8.25. The van der Waals surface area contributed by atoms with Crippen LogP contribution in [0.5, 0.6) is 5.75 Å². The Morgan fingerprint density at radius 1 is 1.41 bits per heavy atom. The van der Waals surface area contributed by atoms with Crippen molar-refractivity contribution in [2.75, 3.05) is 6.54 Å². The monoisotopic (exact) mass is 245 g/mol. The van der Waals surface area contributed by atoms with Gasteiger partial charge in [-0.2, -0.15) is 0 Å². The first-order valence-electron chi connectivity index (χ1n) is 5.24. The van der Waals surface area contributed by atoms with Gasteiger partial charge in [0.15, 0.2) is 0 Å². The van der Waals surface area contributed by atoms with Gasteiger partial charge < -0.3 is 20.0 Å². The number of carbonyl (C=O) groups is 1. The van der Waals surface area contributed by atoms with Crippen molar-refractivity contribution < 1.29 is 44.2 Å². The van der Waals surface area contributed by atoms with Crippen molar-refractivity contribution in [1.82, 2.24) is 5.32 Å². The molecule has 0 fully saturated rings. The maximum atomic E-state index is 10.2. The normalized spacial score (nSPS) is 9.82. The molecule has 0 saturated heterocycles. The molecule has 4 nitrogen and oxygen atoms in total. The average molecular weight is 245 g/mol. The Morgan fingerprint density at radius 3 is 2.65 bits per heavy atom. The van der Waals surface area contributed by atoms with Crippen molar-refractivity contribution in [2.45, 2.75) is 26.5 Å². The molecule has 0 aliphatic carbocycles. The van der Waals surface area contributed by atoms with Crippen LogP contribution in [0.3, 0.4) is 0 Å². The Morgan fingerprint density at radius 2 is 2.06 bits per heavy atom. The number of carbonyl (C=O) groups excluding carboxylic acids is 1. The first-order valence-corrected chi connectivity index (χ1v) is 5.24. The predicted molar refractivity (Wildman–Crippen MR) is 58.9 cm³/mol. The molecule has 0 atom stereocenters. The van der Waals surface area contributed by atoms with Crippen LogP contribution >= 0.6 is 0 Å². The Hall–Kier alpha value is -0.550. The minimum absolute atomic E-state index is 0. The molecule has 17 heavy (non-hydrogen) atoms. The second-order valence-corrected chi connectivity index (χ2v) is 3.75. The molecule has 0 aliphatic rings. The number of carboxylic acids is 1. The van der Waals surface area contributed by atoms with Crippen LogP contribution in [0.1, 0.15) is 19.4 Å². The van der Waals surface area contributed by atoms with Crippen molar-refractivity contribution in [1.29, 1.82) is 0 Å². The van der Waals surface area contributed by atoms with E-state index in [2.05, 4.69) is 5.32 Å². The zero-order valence-corrected chi connectivity index (χ0v) is 12.5. The SMILES string of the molecule is CC(C)Oc1ccccc1CNCC(=O)[O-].[Na+]. The Balaban J connectivity index is 0.00000256. The van der Waals surface area contributed by atoms with E-state index in [0.29, 0.717) is 6.54 Å². The number of para-hydroxylation sites is 1. The van der Waals surface area contributed by atoms with Crippen LogP contribution in [0.2, 0.25) is 0 Å². The predicted octanol–water partition coefficient (Wildman–Crippen LogP) is -2.68. The summed E-state index contributed by atoms with van der Waals surface area (Å²) in [7, 11) is 0. The molecule has 0 bridgehead atoms. The van der Waals surface area contributed by atoms with E-state index in [4.69, 9.17) is 4.74 Å². The van der Waals surface area contributed by atoms with Crippen LogP contribution < -0.4 is 44.7 Å². The van der Waals surface area contributed by atoms with Crippen molar-refractivity contribution in [3.05, 3.63) is 29.8 Å². The third-order valence-electron chi connectivity index (χ3n) is 1.92. The van der Waals surface area contributed by atoms with E-state index >= 15 is 0 Å². The van der Waals surface area contributed by atoms with Crippen molar-refractivity contribution in [2.24, 2.45) is 0 Å². The van der Waals surface area contributed by atoms with Gasteiger partial charge in [0, 0.05) is 18.7 Å². The molecule has 88 valence electrons. The molecule has 1 aromatic carbocycles. The van der Waals surface area contributed by atoms with Crippen LogP contribution in [-0.4, -0.2) is 18.6 Å². The summed E-state index contributed by atoms with van der Waals surface area (Å²) in [6.45, 7) is 4.20. The minimum atomic E-state index is -1.11. The van der Waals surface area contributed by atoms with Gasteiger partial charge in [0.05, 0.1) is 12.1 Å². The third-order valence-corrected chi connectivity index (χ3v) is 1.92. The topological polar surface area (TPSA) is 61.4 Å². The van der Waals surface area contributed by atoms with Gasteiger partial charge in [-0.25, -0.2) is 0 Å². The van der Waals surface area contributed by atoms with Gasteiger partial charge in [-0.3, -0.25) is 0 Å². The van der Waals surface area contributed by atoms with Crippen LogP contribution in [0.25, 0.3) is 0 Å². The number of ether oxygens (including phenoxy) is 1. The number of hydrogen-bond acceptors (Lipinski definition) is 4. The molecule has 0 saturated carbocycles. The molecule has 0 heterocycles. The van der Waals surface area contributed by atoms with Crippen molar-refractivity contribution in [3.8, 4) is 5.75 Å². The molecule has 1 N–H and O–H groups in total. The fourth-order valence-corrected chi connectivity index (χ4v) is 1.32. The maximum Gasteiger partial charge on any atom is 1.00 e. The van der Waals surface area contributed by atoms with Crippen LogP contribution in [-0.2, 0) is 11.3 Å². The number of nitrogens with one attached hydrogen (secondary N) is 1. The van der Waals surface area contributed by atoms with Gasteiger partial charge in [-0.05, 0) is 19.9 Å². The summed E-state index contributed by atoms with van der Waals surface area (Å²) in [6, 6.07) is 7.55. The number of hydrogen-bond donors (Lipinski definition) is 1. The summed E-state index contributed by atoms with van der Waals surface area (Å²) in [5.41, 5.74) is 0.942. The maximum absolute atomic E-state index is 10.2. The van der Waals surface area contributed by atoms with E-state index in [1.807, 2.05) is 38.1 Å². The van der Waals surface area contributed by atoms with Gasteiger partial charge in [-0.15, -0.1) is 0 Å². The zero-order valence-electron chi connectivity index (χ0n) is 10.5.